The van der Waals surface area contributed by atoms with Crippen LogP contribution in [0.5, 0.6) is 0 Å². The van der Waals surface area contributed by atoms with E-state index >= 15 is 0 Å². The molecule has 0 aliphatic carbocycles. The number of fused-ring (bicyclic) bond motifs is 1. The minimum Gasteiger partial charge on any atom is -0.439 e. The van der Waals surface area contributed by atoms with Gasteiger partial charge in [-0.2, -0.15) is 0 Å². The molecule has 1 aromatic carbocycles. The van der Waals surface area contributed by atoms with Crippen molar-refractivity contribution < 1.29 is 17.6 Å². The van der Waals surface area contributed by atoms with Crippen molar-refractivity contribution in [3.8, 4) is 0 Å². The van der Waals surface area contributed by atoms with Crippen molar-refractivity contribution in [2.24, 2.45) is 5.92 Å². The van der Waals surface area contributed by atoms with Gasteiger partial charge in [-0.15, -0.1) is 0 Å². The second kappa shape index (κ2) is 5.76. The number of nitrogens with zero attached hydrogens (tertiary/aromatic N) is 1. The third-order valence-corrected chi connectivity index (χ3v) is 6.26. The summed E-state index contributed by atoms with van der Waals surface area (Å²) in [6, 6.07) is 3.25. The summed E-state index contributed by atoms with van der Waals surface area (Å²) >= 11 is 6.20. The molecule has 1 fully saturated rings. The predicted molar refractivity (Wildman–Crippen MR) is 88.7 cm³/mol. The monoisotopic (exact) mass is 357 g/mol. The molecule has 2 heterocycles. The maximum absolute atomic E-state index is 12.9. The molecule has 1 aromatic heterocycles. The average Bonchev–Trinajstić information content (AvgIpc) is 3.05. The van der Waals surface area contributed by atoms with E-state index in [9.17, 15) is 8.42 Å². The van der Waals surface area contributed by atoms with E-state index in [2.05, 4.69) is 4.98 Å². The van der Waals surface area contributed by atoms with Gasteiger partial charge in [0.1, 0.15) is 10.4 Å². The molecule has 0 amide bonds. The highest BCUT2D eigenvalue weighted by Crippen LogP contribution is 2.35. The first kappa shape index (κ1) is 16.7. The van der Waals surface area contributed by atoms with Gasteiger partial charge in [0.25, 0.3) is 0 Å². The number of sulfone groups is 1. The lowest BCUT2D eigenvalue weighted by atomic mass is 9.97. The zero-order valence-electron chi connectivity index (χ0n) is 13.4. The molecule has 3 rings (SSSR count). The molecule has 1 saturated heterocycles. The van der Waals surface area contributed by atoms with Crippen LogP contribution in [-0.2, 0) is 20.0 Å². The molecule has 1 aliphatic heterocycles. The molecular formula is C16H20ClNO4S. The van der Waals surface area contributed by atoms with Crippen LogP contribution in [0.3, 0.4) is 0 Å². The average molecular weight is 358 g/mol. The van der Waals surface area contributed by atoms with E-state index in [1.54, 1.807) is 12.1 Å². The van der Waals surface area contributed by atoms with Crippen molar-refractivity contribution in [3.05, 3.63) is 23.0 Å². The Morgan fingerprint density at radius 3 is 2.70 bits per heavy atom. The Bertz CT molecular complexity index is 830. The molecule has 0 unspecified atom stereocenters. The third kappa shape index (κ3) is 3.25. The Kier molecular flexibility index (Phi) is 4.19. The molecule has 1 aliphatic rings. The van der Waals surface area contributed by atoms with Gasteiger partial charge in [-0.1, -0.05) is 32.4 Å². The molecule has 0 radical (unpaired) electrons. The summed E-state index contributed by atoms with van der Waals surface area (Å²) in [5.74, 6) is 0.504. The van der Waals surface area contributed by atoms with Crippen LogP contribution in [0.15, 0.2) is 21.4 Å². The highest BCUT2D eigenvalue weighted by atomic mass is 35.5. The van der Waals surface area contributed by atoms with Crippen molar-refractivity contribution in [2.45, 2.75) is 37.5 Å². The number of hydrogen-bond acceptors (Lipinski definition) is 5. The topological polar surface area (TPSA) is 69.4 Å². The predicted octanol–water partition coefficient (Wildman–Crippen LogP) is 3.59. The van der Waals surface area contributed by atoms with E-state index in [1.807, 2.05) is 20.8 Å². The van der Waals surface area contributed by atoms with Crippen LogP contribution in [-0.4, -0.2) is 32.4 Å². The first-order valence-corrected chi connectivity index (χ1v) is 9.61. The minimum atomic E-state index is -3.58. The van der Waals surface area contributed by atoms with Crippen molar-refractivity contribution in [1.82, 2.24) is 4.98 Å². The number of hydrogen-bond donors (Lipinski definition) is 0. The van der Waals surface area contributed by atoms with E-state index < -0.39 is 9.84 Å². The lowest BCUT2D eigenvalue weighted by Crippen LogP contribution is -2.17. The zero-order valence-corrected chi connectivity index (χ0v) is 15.0. The summed E-state index contributed by atoms with van der Waals surface area (Å²) in [6.45, 7) is 6.96. The van der Waals surface area contributed by atoms with Gasteiger partial charge in [0.2, 0.25) is 5.89 Å². The van der Waals surface area contributed by atoms with Crippen LogP contribution in [0.1, 0.15) is 33.1 Å². The van der Waals surface area contributed by atoms with Gasteiger partial charge in [0, 0.05) is 12.0 Å². The number of aromatic nitrogens is 1. The fourth-order valence-corrected chi connectivity index (χ4v) is 5.01. The Balaban J connectivity index is 2.11. The summed E-state index contributed by atoms with van der Waals surface area (Å²) in [4.78, 5) is 4.46. The van der Waals surface area contributed by atoms with Gasteiger partial charge in [0.15, 0.2) is 15.4 Å². The normalized spacial score (nSPS) is 19.6. The van der Waals surface area contributed by atoms with Crippen molar-refractivity contribution >= 4 is 32.5 Å². The van der Waals surface area contributed by atoms with Crippen LogP contribution >= 0.6 is 11.6 Å². The molecule has 7 heteroatoms. The summed E-state index contributed by atoms with van der Waals surface area (Å²) in [5.41, 5.74) is 0.452. The number of ether oxygens (including phenoxy) is 1. The number of oxazole rings is 1. The van der Waals surface area contributed by atoms with Gasteiger partial charge in [-0.3, -0.25) is 0 Å². The summed E-state index contributed by atoms with van der Waals surface area (Å²) in [7, 11) is -3.58. The maximum Gasteiger partial charge on any atom is 0.200 e. The summed E-state index contributed by atoms with van der Waals surface area (Å²) < 4.78 is 36.8. The molecule has 5 nitrogen and oxygen atoms in total. The van der Waals surface area contributed by atoms with Gasteiger partial charge in [-0.25, -0.2) is 13.4 Å². The van der Waals surface area contributed by atoms with Crippen molar-refractivity contribution in [2.75, 3.05) is 19.0 Å². The zero-order chi connectivity index (χ0) is 16.8. The molecule has 0 bridgehead atoms. The van der Waals surface area contributed by atoms with E-state index in [0.29, 0.717) is 24.6 Å². The molecule has 2 aromatic rings. The van der Waals surface area contributed by atoms with Gasteiger partial charge in [-0.05, 0) is 24.5 Å². The third-order valence-electron chi connectivity index (χ3n) is 3.90. The maximum atomic E-state index is 12.9. The van der Waals surface area contributed by atoms with E-state index in [0.717, 1.165) is 6.42 Å². The second-order valence-corrected chi connectivity index (χ2v) is 9.38. The smallest absolute Gasteiger partial charge is 0.200 e. The molecule has 1 atom stereocenters. The largest absolute Gasteiger partial charge is 0.439 e. The van der Waals surface area contributed by atoms with Crippen LogP contribution < -0.4 is 0 Å². The van der Waals surface area contributed by atoms with Gasteiger partial charge < -0.3 is 9.15 Å². The van der Waals surface area contributed by atoms with Crippen LogP contribution in [0.25, 0.3) is 11.1 Å². The number of rotatable bonds is 3. The Labute approximate surface area is 140 Å². The molecule has 0 saturated carbocycles. The van der Waals surface area contributed by atoms with E-state index in [4.69, 9.17) is 20.8 Å². The lowest BCUT2D eigenvalue weighted by molar-refractivity contribution is 0.188. The van der Waals surface area contributed by atoms with Crippen LogP contribution in [0.4, 0.5) is 0 Å². The standard InChI is InChI=1S/C16H20ClNO4S/c1-16(2,3)15-18-12-5-4-11(17)14(13(12)22-15)23(19,20)9-10-6-7-21-8-10/h4-5,10H,6-9H2,1-3H3/t10-/m0/s1. The molecular weight excluding hydrogens is 338 g/mol. The van der Waals surface area contributed by atoms with Crippen LogP contribution in [0, 0.1) is 5.92 Å². The van der Waals surface area contributed by atoms with Crippen molar-refractivity contribution in [3.63, 3.8) is 0 Å². The SMILES string of the molecule is CC(C)(C)c1nc2ccc(Cl)c(S(=O)(=O)C[C@H]3CCOC3)c2o1. The highest BCUT2D eigenvalue weighted by molar-refractivity contribution is 7.91. The lowest BCUT2D eigenvalue weighted by Gasteiger charge is -2.12. The number of benzene rings is 1. The minimum absolute atomic E-state index is 0.00340. The fourth-order valence-electron chi connectivity index (χ4n) is 2.66. The molecule has 23 heavy (non-hydrogen) atoms. The van der Waals surface area contributed by atoms with Gasteiger partial charge in [0.05, 0.1) is 17.4 Å². The Hall–Kier alpha value is -1.11. The molecule has 126 valence electrons. The quantitative estimate of drug-likeness (QED) is 0.839. The first-order valence-electron chi connectivity index (χ1n) is 7.58. The van der Waals surface area contributed by atoms with Crippen LogP contribution in [0.2, 0.25) is 5.02 Å². The first-order chi connectivity index (χ1) is 10.7. The highest BCUT2D eigenvalue weighted by Gasteiger charge is 2.31. The summed E-state index contributed by atoms with van der Waals surface area (Å²) in [6.07, 6.45) is 0.746. The Morgan fingerprint density at radius 1 is 1.35 bits per heavy atom. The van der Waals surface area contributed by atoms with Gasteiger partial charge >= 0.3 is 0 Å². The molecule has 0 N–H and O–H groups in total. The van der Waals surface area contributed by atoms with E-state index in [-0.39, 0.29) is 32.6 Å². The number of halogens is 1. The fraction of sp³-hybridized carbons (Fsp3) is 0.562. The van der Waals surface area contributed by atoms with E-state index in [1.165, 1.54) is 0 Å². The van der Waals surface area contributed by atoms with Crippen molar-refractivity contribution in [1.29, 1.82) is 0 Å². The second-order valence-electron chi connectivity index (χ2n) is 7.00. The molecule has 0 spiro atoms. The summed E-state index contributed by atoms with van der Waals surface area (Å²) in [5, 5.41) is 0.174. The Morgan fingerprint density at radius 2 is 2.09 bits per heavy atom.